The largest absolute Gasteiger partial charge is 0.420 e. The average molecular weight is 723 g/mol. The first-order chi connectivity index (χ1) is 26.8. The van der Waals surface area contributed by atoms with Crippen LogP contribution in [0.15, 0.2) is 182 Å². The van der Waals surface area contributed by atoms with Crippen molar-refractivity contribution >= 4 is 43.6 Å². The van der Waals surface area contributed by atoms with E-state index < -0.39 is 17.6 Å². The summed E-state index contributed by atoms with van der Waals surface area (Å²) in [6, 6.07) is 55.8. The zero-order chi connectivity index (χ0) is 37.3. The third-order valence-electron chi connectivity index (χ3n) is 10.6. The van der Waals surface area contributed by atoms with Crippen molar-refractivity contribution in [3.8, 4) is 44.8 Å². The Morgan fingerprint density at radius 3 is 1.24 bits per heavy atom. The second kappa shape index (κ2) is 12.6. The van der Waals surface area contributed by atoms with Crippen LogP contribution in [0.3, 0.4) is 0 Å². The minimum absolute atomic E-state index is 0.0891. The molecule has 0 aliphatic carbocycles. The lowest BCUT2D eigenvalue weighted by Gasteiger charge is -2.23. The molecule has 6 heteroatoms. The zero-order valence-corrected chi connectivity index (χ0v) is 29.2. The second-order valence-electron chi connectivity index (χ2n) is 13.8. The predicted octanol–water partition coefficient (Wildman–Crippen LogP) is 14.0. The first-order valence-electron chi connectivity index (χ1n) is 18.0. The molecule has 0 N–H and O–H groups in total. The van der Waals surface area contributed by atoms with Crippen molar-refractivity contribution in [2.75, 3.05) is 0 Å². The summed E-state index contributed by atoms with van der Waals surface area (Å²) in [6.07, 6.45) is -4.82. The average Bonchev–Trinajstić information content (AvgIpc) is 3.73. The van der Waals surface area contributed by atoms with Crippen molar-refractivity contribution in [1.29, 1.82) is 0 Å². The van der Waals surface area contributed by atoms with E-state index in [1.54, 1.807) is 27.3 Å². The lowest BCUT2D eigenvalue weighted by atomic mass is 9.98. The first kappa shape index (κ1) is 32.7. The summed E-state index contributed by atoms with van der Waals surface area (Å²) in [6.45, 7) is 0. The monoisotopic (exact) mass is 722 g/mol. The standard InChI is InChI=1S/C49H30F4N2/c50-41-20-10-7-17-36(41)35-29-46(54-42-21-11-8-18-37(42)39-27-33(23-25-44(39)54)31-13-3-1-4-14-31)48(49(51,52)53)47(30-35)55-43-22-12-9-19-38(43)40-28-34(24-26-45(40)55)32-15-5-2-6-16-32/h1-30H. The molecule has 55 heavy (non-hydrogen) atoms. The molecule has 10 rings (SSSR count). The molecule has 0 aliphatic heterocycles. The second-order valence-corrected chi connectivity index (χ2v) is 13.8. The smallest absolute Gasteiger partial charge is 0.309 e. The van der Waals surface area contributed by atoms with Gasteiger partial charge in [-0.2, -0.15) is 13.2 Å². The van der Waals surface area contributed by atoms with Gasteiger partial charge in [-0.05, 0) is 82.4 Å². The lowest BCUT2D eigenvalue weighted by molar-refractivity contribution is -0.137. The Morgan fingerprint density at radius 1 is 0.345 bits per heavy atom. The maximum atomic E-state index is 16.2. The number of benzene rings is 8. The van der Waals surface area contributed by atoms with Crippen LogP contribution in [0.5, 0.6) is 0 Å². The zero-order valence-electron chi connectivity index (χ0n) is 29.2. The number of aromatic nitrogens is 2. The number of hydrogen-bond donors (Lipinski definition) is 0. The number of nitrogens with zero attached hydrogens (tertiary/aromatic N) is 2. The van der Waals surface area contributed by atoms with Gasteiger partial charge in [0.25, 0.3) is 0 Å². The van der Waals surface area contributed by atoms with Gasteiger partial charge in [0.05, 0.1) is 33.4 Å². The van der Waals surface area contributed by atoms with Gasteiger partial charge < -0.3 is 9.13 Å². The summed E-state index contributed by atoms with van der Waals surface area (Å²) in [4.78, 5) is 0. The fourth-order valence-corrected chi connectivity index (χ4v) is 8.19. The number of fused-ring (bicyclic) bond motifs is 6. The molecule has 0 saturated carbocycles. The first-order valence-corrected chi connectivity index (χ1v) is 18.0. The van der Waals surface area contributed by atoms with E-state index in [-0.39, 0.29) is 16.9 Å². The molecule has 0 saturated heterocycles. The molecule has 264 valence electrons. The summed E-state index contributed by atoms with van der Waals surface area (Å²) >= 11 is 0. The summed E-state index contributed by atoms with van der Waals surface area (Å²) in [5.41, 5.74) is 5.88. The van der Waals surface area contributed by atoms with Crippen LogP contribution in [0.2, 0.25) is 0 Å². The highest BCUT2D eigenvalue weighted by atomic mass is 19.4. The van der Waals surface area contributed by atoms with Gasteiger partial charge in [-0.3, -0.25) is 0 Å². The molecule has 0 radical (unpaired) electrons. The van der Waals surface area contributed by atoms with Crippen molar-refractivity contribution in [2.45, 2.75) is 6.18 Å². The summed E-state index contributed by atoms with van der Waals surface area (Å²) in [7, 11) is 0. The number of hydrogen-bond acceptors (Lipinski definition) is 0. The Bertz CT molecular complexity index is 2900. The molecule has 0 aliphatic rings. The highest BCUT2D eigenvalue weighted by molar-refractivity contribution is 6.12. The van der Waals surface area contributed by atoms with Crippen LogP contribution in [-0.2, 0) is 6.18 Å². The highest BCUT2D eigenvalue weighted by Crippen LogP contribution is 2.47. The van der Waals surface area contributed by atoms with Crippen molar-refractivity contribution < 1.29 is 17.6 Å². The summed E-state index contributed by atoms with van der Waals surface area (Å²) in [5, 5.41) is 3.25. The van der Waals surface area contributed by atoms with E-state index in [9.17, 15) is 0 Å². The summed E-state index contributed by atoms with van der Waals surface area (Å²) in [5.74, 6) is -0.524. The number of rotatable bonds is 5. The quantitative estimate of drug-likeness (QED) is 0.157. The van der Waals surface area contributed by atoms with Gasteiger partial charge in [0.1, 0.15) is 11.4 Å². The molecule has 0 amide bonds. The Morgan fingerprint density at radius 2 is 0.764 bits per heavy atom. The maximum Gasteiger partial charge on any atom is 0.420 e. The minimum atomic E-state index is -4.82. The topological polar surface area (TPSA) is 9.86 Å². The number of alkyl halides is 3. The van der Waals surface area contributed by atoms with Crippen LogP contribution in [0, 0.1) is 5.82 Å². The molecule has 0 bridgehead atoms. The predicted molar refractivity (Wildman–Crippen MR) is 216 cm³/mol. The molecule has 0 unspecified atom stereocenters. The van der Waals surface area contributed by atoms with Crippen molar-refractivity contribution in [3.63, 3.8) is 0 Å². The van der Waals surface area contributed by atoms with E-state index in [2.05, 4.69) is 0 Å². The van der Waals surface area contributed by atoms with Gasteiger partial charge in [-0.15, -0.1) is 0 Å². The highest BCUT2D eigenvalue weighted by Gasteiger charge is 2.39. The normalized spacial score (nSPS) is 12.0. The van der Waals surface area contributed by atoms with E-state index in [1.807, 2.05) is 146 Å². The van der Waals surface area contributed by atoms with Crippen molar-refractivity contribution in [2.24, 2.45) is 0 Å². The molecule has 0 fully saturated rings. The van der Waals surface area contributed by atoms with Gasteiger partial charge in [0.2, 0.25) is 0 Å². The SMILES string of the molecule is Fc1ccccc1-c1cc(-n2c3ccccc3c3cc(-c4ccccc4)ccc32)c(C(F)(F)F)c(-n2c3ccccc3c3cc(-c4ccccc4)ccc32)c1. The molecule has 0 spiro atoms. The molecule has 2 aromatic heterocycles. The molecule has 0 atom stereocenters. The van der Waals surface area contributed by atoms with Crippen LogP contribution in [0.4, 0.5) is 17.6 Å². The van der Waals surface area contributed by atoms with Crippen molar-refractivity contribution in [3.05, 3.63) is 193 Å². The van der Waals surface area contributed by atoms with E-state index in [4.69, 9.17) is 0 Å². The third-order valence-corrected chi connectivity index (χ3v) is 10.6. The molecule has 2 nitrogen and oxygen atoms in total. The molecular formula is C49H30F4N2. The molecule has 2 heterocycles. The molecule has 8 aromatic carbocycles. The fourth-order valence-electron chi connectivity index (χ4n) is 8.19. The van der Waals surface area contributed by atoms with E-state index in [0.717, 1.165) is 43.8 Å². The minimum Gasteiger partial charge on any atom is -0.309 e. The maximum absolute atomic E-state index is 16.2. The summed E-state index contributed by atoms with van der Waals surface area (Å²) < 4.78 is 67.7. The van der Waals surface area contributed by atoms with Crippen LogP contribution >= 0.6 is 0 Å². The van der Waals surface area contributed by atoms with Gasteiger partial charge >= 0.3 is 6.18 Å². The van der Waals surface area contributed by atoms with Crippen LogP contribution < -0.4 is 0 Å². The van der Waals surface area contributed by atoms with Gasteiger partial charge in [0.15, 0.2) is 0 Å². The Kier molecular flexibility index (Phi) is 7.49. The number of halogens is 4. The van der Waals surface area contributed by atoms with E-state index in [0.29, 0.717) is 27.6 Å². The van der Waals surface area contributed by atoms with Crippen LogP contribution in [-0.4, -0.2) is 9.13 Å². The van der Waals surface area contributed by atoms with E-state index in [1.165, 1.54) is 18.2 Å². The Hall–Kier alpha value is -6.92. The van der Waals surface area contributed by atoms with E-state index >= 15 is 17.6 Å². The third kappa shape index (κ3) is 5.32. The van der Waals surface area contributed by atoms with Gasteiger partial charge in [-0.1, -0.05) is 127 Å². The number of para-hydroxylation sites is 2. The van der Waals surface area contributed by atoms with Crippen LogP contribution in [0.25, 0.3) is 88.4 Å². The van der Waals surface area contributed by atoms with Gasteiger partial charge in [-0.25, -0.2) is 4.39 Å². The van der Waals surface area contributed by atoms with Gasteiger partial charge in [0, 0.05) is 27.1 Å². The lowest BCUT2D eigenvalue weighted by Crippen LogP contribution is -2.16. The fraction of sp³-hybridized carbons (Fsp3) is 0.0204. The van der Waals surface area contributed by atoms with Crippen molar-refractivity contribution in [1.82, 2.24) is 9.13 Å². The molecule has 10 aromatic rings. The Labute approximate surface area is 313 Å². The van der Waals surface area contributed by atoms with Crippen LogP contribution in [0.1, 0.15) is 5.56 Å². The Balaban J connectivity index is 1.34. The molecular weight excluding hydrogens is 693 g/mol.